The fraction of sp³-hybridized carbons (Fsp3) is 0.667. The number of likely N-dealkylation sites (N-methyl/N-ethyl adjacent to an activating group) is 1. The van der Waals surface area contributed by atoms with Gasteiger partial charge in [0.25, 0.3) is 5.56 Å². The third-order valence-corrected chi connectivity index (χ3v) is 5.22. The van der Waals surface area contributed by atoms with E-state index in [9.17, 15) is 20.1 Å². The van der Waals surface area contributed by atoms with Gasteiger partial charge in [-0.05, 0) is 0 Å². The summed E-state index contributed by atoms with van der Waals surface area (Å²) in [6.07, 6.45) is -4.61. The molecule has 2 aliphatic rings. The van der Waals surface area contributed by atoms with Crippen molar-refractivity contribution in [1.82, 2.24) is 19.5 Å². The maximum atomic E-state index is 12.3. The fourth-order valence-electron chi connectivity index (χ4n) is 3.63. The predicted octanol–water partition coefficient (Wildman–Crippen LogP) is -4.35. The molecule has 0 bridgehead atoms. The normalized spacial score (nSPS) is 29.7. The van der Waals surface area contributed by atoms with Gasteiger partial charge < -0.3 is 35.6 Å². The SMILES string of the molecule is C[NH+]1CCN(c2nc3c(=O)[nH]c(N)nc3n2[C@H]2O[C@@H](CO)[C@@H](O)[C@@H]2O)CC1. The molecule has 7 N–H and O–H groups in total. The van der Waals surface area contributed by atoms with Crippen LogP contribution < -0.4 is 21.1 Å². The molecule has 2 aromatic rings. The summed E-state index contributed by atoms with van der Waals surface area (Å²) in [7, 11) is 2.10. The molecular weight excluding hydrogens is 358 g/mol. The van der Waals surface area contributed by atoms with Crippen LogP contribution in [0.4, 0.5) is 11.9 Å². The average molecular weight is 382 g/mol. The van der Waals surface area contributed by atoms with Crippen molar-refractivity contribution in [3.05, 3.63) is 10.4 Å². The molecule has 2 aromatic heterocycles. The van der Waals surface area contributed by atoms with Crippen LogP contribution in [-0.4, -0.2) is 93.0 Å². The first-order chi connectivity index (χ1) is 12.9. The van der Waals surface area contributed by atoms with E-state index >= 15 is 0 Å². The van der Waals surface area contributed by atoms with E-state index in [1.54, 1.807) is 0 Å². The number of hydrogen-bond donors (Lipinski definition) is 6. The van der Waals surface area contributed by atoms with Crippen LogP contribution in [0.2, 0.25) is 0 Å². The second-order valence-electron chi connectivity index (χ2n) is 7.08. The van der Waals surface area contributed by atoms with E-state index < -0.39 is 36.7 Å². The van der Waals surface area contributed by atoms with Gasteiger partial charge in [-0.2, -0.15) is 4.98 Å². The number of aliphatic hydroxyl groups is 3. The standard InChI is InChI=1S/C15H23N7O5/c1-20-2-4-21(5-3-20)15-17-8-11(18-14(16)19-12(8)26)22(15)13-10(25)9(24)7(6-23)27-13/h7,9-10,13,23-25H,2-6H2,1H3,(H3,16,18,19,26)/p+1/t7-,9+,10-,13-/m0/s1. The highest BCUT2D eigenvalue weighted by Gasteiger charge is 2.45. The molecule has 0 aliphatic carbocycles. The number of nitrogen functional groups attached to an aromatic ring is 1. The number of H-pyrrole nitrogens is 1. The monoisotopic (exact) mass is 382 g/mol. The largest absolute Gasteiger partial charge is 0.394 e. The number of aliphatic hydroxyl groups excluding tert-OH is 3. The molecule has 0 amide bonds. The molecular formula is C15H24N7O5+. The Bertz CT molecular complexity index is 891. The Balaban J connectivity index is 1.86. The lowest BCUT2D eigenvalue weighted by molar-refractivity contribution is -0.880. The molecule has 2 saturated heterocycles. The van der Waals surface area contributed by atoms with E-state index in [1.807, 2.05) is 4.90 Å². The van der Waals surface area contributed by atoms with Crippen molar-refractivity contribution in [1.29, 1.82) is 0 Å². The second kappa shape index (κ2) is 6.73. The number of aromatic nitrogens is 4. The zero-order valence-electron chi connectivity index (χ0n) is 14.9. The van der Waals surface area contributed by atoms with E-state index in [4.69, 9.17) is 10.5 Å². The van der Waals surface area contributed by atoms with Crippen LogP contribution in [0.5, 0.6) is 0 Å². The average Bonchev–Trinajstić information content (AvgIpc) is 3.14. The second-order valence-corrected chi connectivity index (χ2v) is 7.08. The number of fused-ring (bicyclic) bond motifs is 1. The van der Waals surface area contributed by atoms with Crippen molar-refractivity contribution < 1.29 is 25.0 Å². The van der Waals surface area contributed by atoms with Crippen molar-refractivity contribution >= 4 is 23.1 Å². The van der Waals surface area contributed by atoms with Gasteiger partial charge in [0.15, 0.2) is 17.4 Å². The van der Waals surface area contributed by atoms with Crippen LogP contribution in [0, 0.1) is 0 Å². The summed E-state index contributed by atoms with van der Waals surface area (Å²) in [5, 5.41) is 30.0. The Kier molecular flexibility index (Phi) is 4.52. The van der Waals surface area contributed by atoms with E-state index in [1.165, 1.54) is 9.47 Å². The number of nitrogens with zero attached hydrogens (tertiary/aromatic N) is 4. The quantitative estimate of drug-likeness (QED) is 0.307. The van der Waals surface area contributed by atoms with Gasteiger partial charge >= 0.3 is 0 Å². The van der Waals surface area contributed by atoms with Gasteiger partial charge in [0.2, 0.25) is 11.9 Å². The number of rotatable bonds is 3. The number of ether oxygens (including phenoxy) is 1. The lowest BCUT2D eigenvalue weighted by Crippen LogP contribution is -3.12. The summed E-state index contributed by atoms with van der Waals surface area (Å²) in [5.41, 5.74) is 5.43. The number of piperazine rings is 1. The Morgan fingerprint density at radius 1 is 1.30 bits per heavy atom. The minimum atomic E-state index is -1.32. The molecule has 4 heterocycles. The van der Waals surface area contributed by atoms with E-state index in [0.29, 0.717) is 19.0 Å². The fourth-order valence-corrected chi connectivity index (χ4v) is 3.63. The van der Waals surface area contributed by atoms with Crippen LogP contribution in [0.25, 0.3) is 11.2 Å². The van der Waals surface area contributed by atoms with Crippen molar-refractivity contribution in [2.45, 2.75) is 24.5 Å². The van der Waals surface area contributed by atoms with Crippen LogP contribution in [0.15, 0.2) is 4.79 Å². The summed E-state index contributed by atoms with van der Waals surface area (Å²) in [6.45, 7) is 2.69. The smallest absolute Gasteiger partial charge is 0.280 e. The molecule has 0 spiro atoms. The van der Waals surface area contributed by atoms with E-state index in [0.717, 1.165) is 13.1 Å². The number of hydrogen-bond acceptors (Lipinski definition) is 9. The molecule has 2 aliphatic heterocycles. The van der Waals surface area contributed by atoms with Crippen LogP contribution in [-0.2, 0) is 4.74 Å². The minimum absolute atomic E-state index is 0.0724. The topological polar surface area (TPSA) is 167 Å². The number of anilines is 2. The lowest BCUT2D eigenvalue weighted by atomic mass is 10.1. The van der Waals surface area contributed by atoms with Gasteiger partial charge in [0, 0.05) is 0 Å². The number of quaternary nitrogens is 1. The number of nitrogens with one attached hydrogen (secondary N) is 2. The first-order valence-corrected chi connectivity index (χ1v) is 8.87. The number of aromatic amines is 1. The summed E-state index contributed by atoms with van der Waals surface area (Å²) in [5.74, 6) is 0.325. The van der Waals surface area contributed by atoms with Crippen LogP contribution >= 0.6 is 0 Å². The molecule has 12 heteroatoms. The molecule has 0 aromatic carbocycles. The highest BCUT2D eigenvalue weighted by molar-refractivity contribution is 5.75. The highest BCUT2D eigenvalue weighted by atomic mass is 16.6. The number of nitrogens with two attached hydrogens (primary N) is 1. The van der Waals surface area contributed by atoms with Crippen molar-refractivity contribution in [2.75, 3.05) is 50.5 Å². The highest BCUT2D eigenvalue weighted by Crippen LogP contribution is 2.35. The Morgan fingerprint density at radius 3 is 2.63 bits per heavy atom. The van der Waals surface area contributed by atoms with Crippen molar-refractivity contribution in [2.24, 2.45) is 0 Å². The van der Waals surface area contributed by atoms with Gasteiger partial charge in [-0.3, -0.25) is 14.3 Å². The maximum absolute atomic E-state index is 12.3. The zero-order valence-corrected chi connectivity index (χ0v) is 14.9. The third-order valence-electron chi connectivity index (χ3n) is 5.22. The lowest BCUT2D eigenvalue weighted by Gasteiger charge is -2.32. The molecule has 12 nitrogen and oxygen atoms in total. The van der Waals surface area contributed by atoms with Gasteiger partial charge in [-0.1, -0.05) is 0 Å². The van der Waals surface area contributed by atoms with E-state index in [2.05, 4.69) is 22.0 Å². The van der Waals surface area contributed by atoms with Crippen molar-refractivity contribution in [3.63, 3.8) is 0 Å². The first kappa shape index (κ1) is 18.1. The van der Waals surface area contributed by atoms with Crippen LogP contribution in [0.1, 0.15) is 6.23 Å². The number of imidazole rings is 1. The molecule has 4 rings (SSSR count). The molecule has 148 valence electrons. The molecule has 27 heavy (non-hydrogen) atoms. The predicted molar refractivity (Wildman–Crippen MR) is 94.4 cm³/mol. The van der Waals surface area contributed by atoms with E-state index in [-0.39, 0.29) is 17.1 Å². The Hall–Kier alpha value is -2.25. The molecule has 0 saturated carbocycles. The zero-order chi connectivity index (χ0) is 19.3. The third kappa shape index (κ3) is 2.95. The van der Waals surface area contributed by atoms with Gasteiger partial charge in [-0.15, -0.1) is 0 Å². The summed E-state index contributed by atoms with van der Waals surface area (Å²) in [6, 6.07) is 0. The van der Waals surface area contributed by atoms with Crippen molar-refractivity contribution in [3.8, 4) is 0 Å². The molecule has 0 radical (unpaired) electrons. The summed E-state index contributed by atoms with van der Waals surface area (Å²) < 4.78 is 7.16. The Labute approximate surface area is 153 Å². The first-order valence-electron chi connectivity index (χ1n) is 8.87. The minimum Gasteiger partial charge on any atom is -0.394 e. The van der Waals surface area contributed by atoms with Gasteiger partial charge in [0.1, 0.15) is 18.3 Å². The summed E-state index contributed by atoms with van der Waals surface area (Å²) in [4.78, 5) is 26.7. The molecule has 0 unspecified atom stereocenters. The Morgan fingerprint density at radius 2 is 2.00 bits per heavy atom. The van der Waals surface area contributed by atoms with Crippen LogP contribution in [0.3, 0.4) is 0 Å². The van der Waals surface area contributed by atoms with Gasteiger partial charge in [-0.25, -0.2) is 4.98 Å². The summed E-state index contributed by atoms with van der Waals surface area (Å²) >= 11 is 0. The molecule has 2 fully saturated rings. The molecule has 4 atom stereocenters. The van der Waals surface area contributed by atoms with Gasteiger partial charge in [0.05, 0.1) is 39.8 Å². The maximum Gasteiger partial charge on any atom is 0.280 e.